The summed E-state index contributed by atoms with van der Waals surface area (Å²) in [5.74, 6) is 0.174. The minimum Gasteiger partial charge on any atom is -0.367 e. The molecular weight excluding hydrogens is 420 g/mol. The van der Waals surface area contributed by atoms with E-state index in [9.17, 15) is 9.59 Å². The van der Waals surface area contributed by atoms with Crippen molar-refractivity contribution in [2.45, 2.75) is 6.54 Å². The van der Waals surface area contributed by atoms with Gasteiger partial charge in [-0.05, 0) is 23.6 Å². The van der Waals surface area contributed by atoms with E-state index < -0.39 is 0 Å². The molecule has 0 saturated carbocycles. The first kappa shape index (κ1) is 19.8. The summed E-state index contributed by atoms with van der Waals surface area (Å²) in [6.45, 7) is 0.606. The molecule has 4 aromatic rings. The van der Waals surface area contributed by atoms with Crippen LogP contribution in [-0.4, -0.2) is 33.5 Å². The van der Waals surface area contributed by atoms with E-state index >= 15 is 0 Å². The zero-order chi connectivity index (χ0) is 20.9. The zero-order valence-electron chi connectivity index (χ0n) is 15.7. The summed E-state index contributed by atoms with van der Waals surface area (Å²) in [4.78, 5) is 35.3. The molecule has 0 atom stereocenters. The number of nitriles is 1. The molecule has 8 nitrogen and oxygen atoms in total. The Morgan fingerprint density at radius 3 is 2.90 bits per heavy atom. The topological polar surface area (TPSA) is 113 Å². The van der Waals surface area contributed by atoms with E-state index in [-0.39, 0.29) is 18.0 Å². The maximum atomic E-state index is 12.9. The molecule has 4 rings (SSSR count). The highest BCUT2D eigenvalue weighted by molar-refractivity contribution is 7.18. The molecule has 0 radical (unpaired) electrons. The molecule has 0 unspecified atom stereocenters. The summed E-state index contributed by atoms with van der Waals surface area (Å²) in [7, 11) is 0. The Bertz CT molecular complexity index is 1290. The van der Waals surface area contributed by atoms with Gasteiger partial charge >= 0.3 is 0 Å². The van der Waals surface area contributed by atoms with Gasteiger partial charge in [-0.2, -0.15) is 5.26 Å². The second-order valence-corrected chi connectivity index (χ2v) is 8.08. The van der Waals surface area contributed by atoms with Gasteiger partial charge in [0.1, 0.15) is 23.3 Å². The third kappa shape index (κ3) is 4.07. The number of nitrogens with one attached hydrogen (secondary N) is 2. The number of amides is 1. The van der Waals surface area contributed by atoms with Crippen LogP contribution in [0.15, 0.2) is 52.3 Å². The number of anilines is 1. The molecule has 2 N–H and O–H groups in total. The highest BCUT2D eigenvalue weighted by Crippen LogP contribution is 2.33. The van der Waals surface area contributed by atoms with E-state index in [1.807, 2.05) is 22.9 Å². The standard InChI is InChI=1S/C20H16N6O2S2/c21-9-13-3-1-5-23-18(13)24-7-6-22-16(27)10-26-12-25-19-17(20(26)28)14(11-30-19)15-4-2-8-29-15/h1-5,8,11-12H,6-7,10H2,(H,22,27)(H,23,24). The van der Waals surface area contributed by atoms with Crippen LogP contribution >= 0.6 is 22.7 Å². The number of carbonyl (C=O) groups excluding carboxylic acids is 1. The van der Waals surface area contributed by atoms with Gasteiger partial charge in [-0.3, -0.25) is 14.2 Å². The average molecular weight is 437 g/mol. The quantitative estimate of drug-likeness (QED) is 0.431. The third-order valence-electron chi connectivity index (χ3n) is 4.33. The van der Waals surface area contributed by atoms with Crippen LogP contribution in [0.2, 0.25) is 0 Å². The van der Waals surface area contributed by atoms with Gasteiger partial charge in [-0.15, -0.1) is 22.7 Å². The molecule has 0 fully saturated rings. The fourth-order valence-electron chi connectivity index (χ4n) is 2.92. The van der Waals surface area contributed by atoms with Crippen LogP contribution in [0.25, 0.3) is 20.7 Å². The highest BCUT2D eigenvalue weighted by Gasteiger charge is 2.15. The number of rotatable bonds is 7. The van der Waals surface area contributed by atoms with Gasteiger partial charge in [0.15, 0.2) is 0 Å². The molecule has 0 saturated heterocycles. The Morgan fingerprint density at radius 2 is 2.10 bits per heavy atom. The molecule has 0 spiro atoms. The molecule has 0 aliphatic heterocycles. The maximum Gasteiger partial charge on any atom is 0.263 e. The molecule has 0 aromatic carbocycles. The number of hydrogen-bond donors (Lipinski definition) is 2. The Balaban J connectivity index is 1.40. The summed E-state index contributed by atoms with van der Waals surface area (Å²) in [6.07, 6.45) is 3.00. The highest BCUT2D eigenvalue weighted by atomic mass is 32.1. The number of nitrogens with zero attached hydrogens (tertiary/aromatic N) is 4. The van der Waals surface area contributed by atoms with Crippen molar-refractivity contribution in [2.24, 2.45) is 0 Å². The van der Waals surface area contributed by atoms with Crippen molar-refractivity contribution in [1.82, 2.24) is 19.9 Å². The van der Waals surface area contributed by atoms with Crippen molar-refractivity contribution in [3.05, 3.63) is 63.5 Å². The lowest BCUT2D eigenvalue weighted by atomic mass is 10.2. The van der Waals surface area contributed by atoms with Gasteiger partial charge < -0.3 is 10.6 Å². The van der Waals surface area contributed by atoms with Crippen molar-refractivity contribution < 1.29 is 4.79 Å². The van der Waals surface area contributed by atoms with Gasteiger partial charge in [-0.1, -0.05) is 6.07 Å². The maximum absolute atomic E-state index is 12.9. The lowest BCUT2D eigenvalue weighted by molar-refractivity contribution is -0.121. The summed E-state index contributed by atoms with van der Waals surface area (Å²) >= 11 is 2.97. The van der Waals surface area contributed by atoms with E-state index in [4.69, 9.17) is 5.26 Å². The van der Waals surface area contributed by atoms with Crippen LogP contribution in [0.3, 0.4) is 0 Å². The lowest BCUT2D eigenvalue weighted by Crippen LogP contribution is -2.35. The van der Waals surface area contributed by atoms with Gasteiger partial charge in [0, 0.05) is 35.1 Å². The predicted molar refractivity (Wildman–Crippen MR) is 118 cm³/mol. The van der Waals surface area contributed by atoms with Crippen LogP contribution in [0, 0.1) is 11.3 Å². The van der Waals surface area contributed by atoms with Crippen LogP contribution in [0.1, 0.15) is 5.56 Å². The van der Waals surface area contributed by atoms with E-state index in [0.717, 1.165) is 10.4 Å². The average Bonchev–Trinajstić information content (AvgIpc) is 3.43. The molecule has 0 aliphatic carbocycles. The SMILES string of the molecule is N#Cc1cccnc1NCCNC(=O)Cn1cnc2scc(-c3cccs3)c2c1=O. The fraction of sp³-hybridized carbons (Fsp3) is 0.150. The van der Waals surface area contributed by atoms with Crippen molar-refractivity contribution >= 4 is 44.6 Å². The van der Waals surface area contributed by atoms with Crippen molar-refractivity contribution in [3.8, 4) is 16.5 Å². The Kier molecular flexibility index (Phi) is 5.83. The van der Waals surface area contributed by atoms with Crippen molar-refractivity contribution in [1.29, 1.82) is 5.26 Å². The zero-order valence-corrected chi connectivity index (χ0v) is 17.3. The third-order valence-corrected chi connectivity index (χ3v) is 6.12. The molecule has 4 aromatic heterocycles. The van der Waals surface area contributed by atoms with Gasteiger partial charge in [0.25, 0.3) is 5.56 Å². The van der Waals surface area contributed by atoms with E-state index in [0.29, 0.717) is 34.7 Å². The number of thiophene rings is 2. The monoisotopic (exact) mass is 436 g/mol. The molecule has 0 bridgehead atoms. The minimum atomic E-state index is -0.297. The normalized spacial score (nSPS) is 10.6. The van der Waals surface area contributed by atoms with E-state index in [1.54, 1.807) is 29.7 Å². The minimum absolute atomic E-state index is 0.117. The number of hydrogen-bond acceptors (Lipinski definition) is 8. The molecule has 0 aliphatic rings. The molecule has 30 heavy (non-hydrogen) atoms. The van der Waals surface area contributed by atoms with Crippen LogP contribution < -0.4 is 16.2 Å². The summed E-state index contributed by atoms with van der Waals surface area (Å²) in [5.41, 5.74) is 1.06. The van der Waals surface area contributed by atoms with Crippen molar-refractivity contribution in [2.75, 3.05) is 18.4 Å². The van der Waals surface area contributed by atoms with Crippen LogP contribution in [-0.2, 0) is 11.3 Å². The predicted octanol–water partition coefficient (Wildman–Crippen LogP) is 2.68. The first-order valence-corrected chi connectivity index (χ1v) is 10.8. The van der Waals surface area contributed by atoms with E-state index in [2.05, 4.69) is 26.7 Å². The fourth-order valence-corrected chi connectivity index (χ4v) is 4.64. The molecule has 10 heteroatoms. The lowest BCUT2D eigenvalue weighted by Gasteiger charge is -2.09. The second-order valence-electron chi connectivity index (χ2n) is 6.27. The number of pyridine rings is 1. The first-order valence-electron chi connectivity index (χ1n) is 9.03. The molecule has 4 heterocycles. The number of carbonyl (C=O) groups is 1. The summed E-state index contributed by atoms with van der Waals surface area (Å²) in [6, 6.07) is 9.30. The Morgan fingerprint density at radius 1 is 1.20 bits per heavy atom. The van der Waals surface area contributed by atoms with Crippen molar-refractivity contribution in [3.63, 3.8) is 0 Å². The first-order chi connectivity index (χ1) is 14.7. The smallest absolute Gasteiger partial charge is 0.263 e. The largest absolute Gasteiger partial charge is 0.367 e. The van der Waals surface area contributed by atoms with Gasteiger partial charge in [0.2, 0.25) is 5.91 Å². The Labute approximate surface area is 179 Å². The van der Waals surface area contributed by atoms with Gasteiger partial charge in [0.05, 0.1) is 17.3 Å². The number of fused-ring (bicyclic) bond motifs is 1. The second kappa shape index (κ2) is 8.86. The van der Waals surface area contributed by atoms with Crippen LogP contribution in [0.5, 0.6) is 0 Å². The molecular formula is C20H16N6O2S2. The summed E-state index contributed by atoms with van der Waals surface area (Å²) in [5, 5.41) is 19.2. The Hall–Kier alpha value is -3.55. The van der Waals surface area contributed by atoms with Gasteiger partial charge in [-0.25, -0.2) is 9.97 Å². The van der Waals surface area contributed by atoms with E-state index in [1.165, 1.54) is 22.2 Å². The number of aromatic nitrogens is 3. The molecule has 150 valence electrons. The van der Waals surface area contributed by atoms with Crippen LogP contribution in [0.4, 0.5) is 5.82 Å². The summed E-state index contributed by atoms with van der Waals surface area (Å²) < 4.78 is 1.32. The molecule has 1 amide bonds.